The van der Waals surface area contributed by atoms with E-state index in [-0.39, 0.29) is 17.9 Å². The number of piperidine rings is 1. The van der Waals surface area contributed by atoms with Crippen LogP contribution in [0.15, 0.2) is 44.5 Å². The minimum atomic E-state index is -3.42. The molecule has 1 saturated heterocycles. The van der Waals surface area contributed by atoms with Gasteiger partial charge in [-0.15, -0.1) is 11.3 Å². The highest BCUT2D eigenvalue weighted by Gasteiger charge is 2.33. The molecule has 2 aromatic rings. The maximum Gasteiger partial charge on any atom is 0.252 e. The van der Waals surface area contributed by atoms with E-state index in [9.17, 15) is 13.2 Å². The summed E-state index contributed by atoms with van der Waals surface area (Å²) >= 11 is 1.22. The lowest BCUT2D eigenvalue weighted by Gasteiger charge is -2.30. The number of hydrogen-bond acceptors (Lipinski definition) is 5. The summed E-state index contributed by atoms with van der Waals surface area (Å²) in [6, 6.07) is 6.75. The van der Waals surface area contributed by atoms with Gasteiger partial charge in [0.25, 0.3) is 10.0 Å². The predicted molar refractivity (Wildman–Crippen MR) is 91.1 cm³/mol. The Morgan fingerprint density at radius 2 is 2.08 bits per heavy atom. The molecule has 0 radical (unpaired) electrons. The lowest BCUT2D eigenvalue weighted by Crippen LogP contribution is -2.43. The van der Waals surface area contributed by atoms with Gasteiger partial charge < -0.3 is 9.73 Å². The Morgan fingerprint density at radius 3 is 2.67 bits per heavy atom. The third-order valence-electron chi connectivity index (χ3n) is 4.24. The van der Waals surface area contributed by atoms with Crippen molar-refractivity contribution in [2.75, 3.05) is 13.1 Å². The second-order valence-corrected chi connectivity index (χ2v) is 8.97. The van der Waals surface area contributed by atoms with Crippen LogP contribution in [-0.4, -0.2) is 31.7 Å². The molecule has 1 aliphatic heterocycles. The molecule has 6 nitrogen and oxygen atoms in total. The lowest BCUT2D eigenvalue weighted by atomic mass is 9.97. The molecule has 24 heavy (non-hydrogen) atoms. The number of hydrogen-bond donors (Lipinski definition) is 1. The Hall–Kier alpha value is -1.64. The molecule has 0 saturated carbocycles. The number of thiophene rings is 1. The molecule has 0 spiro atoms. The molecule has 0 aliphatic carbocycles. The molecule has 1 fully saturated rings. The Bertz CT molecular complexity index is 761. The van der Waals surface area contributed by atoms with Crippen molar-refractivity contribution in [2.45, 2.75) is 30.0 Å². The molecule has 0 aromatic carbocycles. The first-order valence-electron chi connectivity index (χ1n) is 7.86. The van der Waals surface area contributed by atoms with Gasteiger partial charge in [-0.3, -0.25) is 4.79 Å². The van der Waals surface area contributed by atoms with Gasteiger partial charge in [-0.1, -0.05) is 6.07 Å². The summed E-state index contributed by atoms with van der Waals surface area (Å²) in [5.41, 5.74) is 0. The van der Waals surface area contributed by atoms with Gasteiger partial charge in [0.1, 0.15) is 9.97 Å². The molecule has 3 heterocycles. The van der Waals surface area contributed by atoms with Crippen LogP contribution in [0.1, 0.15) is 31.6 Å². The van der Waals surface area contributed by atoms with Gasteiger partial charge in [-0.05, 0) is 43.3 Å². The van der Waals surface area contributed by atoms with E-state index in [1.165, 1.54) is 15.6 Å². The van der Waals surface area contributed by atoms with Crippen LogP contribution in [-0.2, 0) is 14.8 Å². The first kappa shape index (κ1) is 17.2. The number of nitrogens with zero attached hydrogens (tertiary/aromatic N) is 1. The highest BCUT2D eigenvalue weighted by molar-refractivity contribution is 7.91. The third-order valence-corrected chi connectivity index (χ3v) is 7.51. The summed E-state index contributed by atoms with van der Waals surface area (Å²) < 4.78 is 32.1. The number of furan rings is 1. The zero-order chi connectivity index (χ0) is 17.2. The van der Waals surface area contributed by atoms with Crippen molar-refractivity contribution in [3.05, 3.63) is 41.7 Å². The van der Waals surface area contributed by atoms with E-state index in [1.807, 2.05) is 13.0 Å². The minimum Gasteiger partial charge on any atom is -0.467 e. The van der Waals surface area contributed by atoms with Gasteiger partial charge in [0.15, 0.2) is 0 Å². The van der Waals surface area contributed by atoms with Gasteiger partial charge in [-0.25, -0.2) is 8.42 Å². The lowest BCUT2D eigenvalue weighted by molar-refractivity contribution is -0.126. The average molecular weight is 368 g/mol. The van der Waals surface area contributed by atoms with E-state index in [0.717, 1.165) is 0 Å². The number of sulfonamides is 1. The molecule has 0 unspecified atom stereocenters. The normalized spacial score (nSPS) is 18.4. The van der Waals surface area contributed by atoms with Crippen LogP contribution in [0.3, 0.4) is 0 Å². The Labute approximate surface area is 145 Å². The molecule has 1 amide bonds. The highest BCUT2D eigenvalue weighted by atomic mass is 32.2. The summed E-state index contributed by atoms with van der Waals surface area (Å²) in [4.78, 5) is 12.4. The van der Waals surface area contributed by atoms with Crippen LogP contribution in [0.4, 0.5) is 0 Å². The van der Waals surface area contributed by atoms with Crippen LogP contribution in [0, 0.1) is 5.92 Å². The van der Waals surface area contributed by atoms with Crippen LogP contribution in [0.5, 0.6) is 0 Å². The fraction of sp³-hybridized carbons (Fsp3) is 0.438. The van der Waals surface area contributed by atoms with Crippen molar-refractivity contribution in [3.63, 3.8) is 0 Å². The van der Waals surface area contributed by atoms with E-state index in [4.69, 9.17) is 4.42 Å². The van der Waals surface area contributed by atoms with Gasteiger partial charge in [0.2, 0.25) is 5.91 Å². The molecule has 1 atom stereocenters. The molecule has 2 aromatic heterocycles. The van der Waals surface area contributed by atoms with Crippen molar-refractivity contribution in [1.29, 1.82) is 0 Å². The summed E-state index contributed by atoms with van der Waals surface area (Å²) in [6.07, 6.45) is 2.63. The maximum atomic E-state index is 12.5. The minimum absolute atomic E-state index is 0.0490. The first-order chi connectivity index (χ1) is 11.5. The molecular weight excluding hydrogens is 348 g/mol. The van der Waals surface area contributed by atoms with Crippen molar-refractivity contribution in [1.82, 2.24) is 9.62 Å². The number of rotatable bonds is 5. The van der Waals surface area contributed by atoms with Crippen LogP contribution in [0.25, 0.3) is 0 Å². The quantitative estimate of drug-likeness (QED) is 0.880. The van der Waals surface area contributed by atoms with E-state index in [0.29, 0.717) is 35.9 Å². The fourth-order valence-corrected chi connectivity index (χ4v) is 5.45. The molecular formula is C16H20N2O4S2. The Kier molecular flexibility index (Phi) is 5.07. The second-order valence-electron chi connectivity index (χ2n) is 5.86. The first-order valence-corrected chi connectivity index (χ1v) is 10.2. The molecule has 0 bridgehead atoms. The second kappa shape index (κ2) is 7.08. The SMILES string of the molecule is C[C@@H](NC(=O)C1CCN(S(=O)(=O)c2cccs2)CC1)c1ccco1. The molecule has 3 rings (SSSR count). The summed E-state index contributed by atoms with van der Waals surface area (Å²) in [5.74, 6) is 0.491. The summed E-state index contributed by atoms with van der Waals surface area (Å²) in [7, 11) is -3.42. The molecule has 1 N–H and O–H groups in total. The number of nitrogens with one attached hydrogen (secondary N) is 1. The largest absolute Gasteiger partial charge is 0.467 e. The maximum absolute atomic E-state index is 12.5. The van der Waals surface area contributed by atoms with Crippen molar-refractivity contribution < 1.29 is 17.6 Å². The van der Waals surface area contributed by atoms with E-state index in [1.54, 1.807) is 29.8 Å². The van der Waals surface area contributed by atoms with Crippen LogP contribution >= 0.6 is 11.3 Å². The Balaban J connectivity index is 1.56. The van der Waals surface area contributed by atoms with E-state index < -0.39 is 10.0 Å². The molecule has 130 valence electrons. The zero-order valence-electron chi connectivity index (χ0n) is 13.3. The fourth-order valence-electron chi connectivity index (χ4n) is 2.84. The number of amides is 1. The van der Waals surface area contributed by atoms with Crippen LogP contribution in [0.2, 0.25) is 0 Å². The number of carbonyl (C=O) groups is 1. The van der Waals surface area contributed by atoms with Gasteiger partial charge >= 0.3 is 0 Å². The van der Waals surface area contributed by atoms with Gasteiger partial charge in [0.05, 0.1) is 12.3 Å². The van der Waals surface area contributed by atoms with Gasteiger partial charge in [-0.2, -0.15) is 4.31 Å². The standard InChI is InChI=1S/C16H20N2O4S2/c1-12(14-4-2-10-22-14)17-16(19)13-6-8-18(9-7-13)24(20,21)15-5-3-11-23-15/h2-5,10-13H,6-9H2,1H3,(H,17,19)/t12-/m1/s1. The zero-order valence-corrected chi connectivity index (χ0v) is 15.0. The topological polar surface area (TPSA) is 79.6 Å². The smallest absolute Gasteiger partial charge is 0.252 e. The number of carbonyl (C=O) groups excluding carboxylic acids is 1. The monoisotopic (exact) mass is 368 g/mol. The molecule has 1 aliphatic rings. The average Bonchev–Trinajstić information content (AvgIpc) is 3.28. The highest BCUT2D eigenvalue weighted by Crippen LogP contribution is 2.26. The third kappa shape index (κ3) is 3.55. The van der Waals surface area contributed by atoms with Gasteiger partial charge in [0, 0.05) is 19.0 Å². The van der Waals surface area contributed by atoms with E-state index >= 15 is 0 Å². The van der Waals surface area contributed by atoms with Crippen molar-refractivity contribution in [2.24, 2.45) is 5.92 Å². The Morgan fingerprint density at radius 1 is 1.33 bits per heavy atom. The van der Waals surface area contributed by atoms with Crippen molar-refractivity contribution >= 4 is 27.3 Å². The molecule has 8 heteroatoms. The van der Waals surface area contributed by atoms with E-state index in [2.05, 4.69) is 5.32 Å². The summed E-state index contributed by atoms with van der Waals surface area (Å²) in [5, 5.41) is 4.69. The van der Waals surface area contributed by atoms with Crippen LogP contribution < -0.4 is 5.32 Å². The predicted octanol–water partition coefficient (Wildman–Crippen LogP) is 2.62. The summed E-state index contributed by atoms with van der Waals surface area (Å²) in [6.45, 7) is 2.61. The van der Waals surface area contributed by atoms with Crippen molar-refractivity contribution in [3.8, 4) is 0 Å².